The molecule has 120 valence electrons. The zero-order valence-electron chi connectivity index (χ0n) is 13.6. The second kappa shape index (κ2) is 5.84. The molecule has 1 aromatic carbocycles. The fourth-order valence-electron chi connectivity index (χ4n) is 3.95. The van der Waals surface area contributed by atoms with Crippen molar-refractivity contribution in [3.63, 3.8) is 0 Å². The van der Waals surface area contributed by atoms with Crippen molar-refractivity contribution in [3.8, 4) is 0 Å². The van der Waals surface area contributed by atoms with Crippen molar-refractivity contribution >= 4 is 11.7 Å². The zero-order chi connectivity index (χ0) is 15.8. The molecule has 2 aromatic rings. The molecule has 0 spiro atoms. The number of amides is 1. The van der Waals surface area contributed by atoms with Crippen LogP contribution in [0.2, 0.25) is 0 Å². The Hall–Kier alpha value is -2.10. The third-order valence-electron chi connectivity index (χ3n) is 5.31. The van der Waals surface area contributed by atoms with Crippen LogP contribution in [-0.2, 0) is 11.2 Å². The van der Waals surface area contributed by atoms with Crippen molar-refractivity contribution in [1.82, 2.24) is 9.78 Å². The molecule has 4 heteroatoms. The molecule has 1 N–H and O–H groups in total. The SMILES string of the molecule is CCc1ccc([C@H]2CC(=O)Nc3c2cnn3C2CCCC2)cc1. The number of hydrogen-bond acceptors (Lipinski definition) is 2. The lowest BCUT2D eigenvalue weighted by Gasteiger charge is -2.25. The molecule has 1 aliphatic carbocycles. The van der Waals surface area contributed by atoms with Crippen LogP contribution in [-0.4, -0.2) is 15.7 Å². The third-order valence-corrected chi connectivity index (χ3v) is 5.31. The van der Waals surface area contributed by atoms with E-state index in [4.69, 9.17) is 0 Å². The van der Waals surface area contributed by atoms with E-state index in [1.54, 1.807) is 0 Å². The molecule has 1 fully saturated rings. The largest absolute Gasteiger partial charge is 0.311 e. The van der Waals surface area contributed by atoms with Crippen molar-refractivity contribution in [2.75, 3.05) is 5.32 Å². The summed E-state index contributed by atoms with van der Waals surface area (Å²) in [6.45, 7) is 2.16. The van der Waals surface area contributed by atoms with Crippen molar-refractivity contribution in [2.24, 2.45) is 0 Å². The monoisotopic (exact) mass is 309 g/mol. The van der Waals surface area contributed by atoms with E-state index in [1.165, 1.54) is 42.4 Å². The maximum Gasteiger partial charge on any atom is 0.226 e. The topological polar surface area (TPSA) is 46.9 Å². The number of fused-ring (bicyclic) bond motifs is 1. The number of aryl methyl sites for hydroxylation is 1. The minimum atomic E-state index is 0.0989. The summed E-state index contributed by atoms with van der Waals surface area (Å²) in [7, 11) is 0. The average Bonchev–Trinajstić information content (AvgIpc) is 3.23. The lowest BCUT2D eigenvalue weighted by Crippen LogP contribution is -2.25. The van der Waals surface area contributed by atoms with Crippen LogP contribution >= 0.6 is 0 Å². The Morgan fingerprint density at radius 2 is 1.96 bits per heavy atom. The molecule has 0 radical (unpaired) electrons. The molecular weight excluding hydrogens is 286 g/mol. The molecule has 1 aliphatic heterocycles. The minimum absolute atomic E-state index is 0.0989. The second-order valence-electron chi connectivity index (χ2n) is 6.73. The Kier molecular flexibility index (Phi) is 3.68. The van der Waals surface area contributed by atoms with Crippen LogP contribution in [0.4, 0.5) is 5.82 Å². The molecule has 2 aliphatic rings. The number of nitrogens with zero attached hydrogens (tertiary/aromatic N) is 2. The third kappa shape index (κ3) is 2.56. The Bertz CT molecular complexity index is 711. The summed E-state index contributed by atoms with van der Waals surface area (Å²) in [5.74, 6) is 1.15. The van der Waals surface area contributed by atoms with Gasteiger partial charge in [0.15, 0.2) is 0 Å². The minimum Gasteiger partial charge on any atom is -0.311 e. The molecule has 4 nitrogen and oxygen atoms in total. The number of carbonyl (C=O) groups excluding carboxylic acids is 1. The maximum absolute atomic E-state index is 12.2. The maximum atomic E-state index is 12.2. The van der Waals surface area contributed by atoms with Crippen LogP contribution in [0.5, 0.6) is 0 Å². The highest BCUT2D eigenvalue weighted by Crippen LogP contribution is 2.40. The van der Waals surface area contributed by atoms with Crippen molar-refractivity contribution in [1.29, 1.82) is 0 Å². The first-order valence-electron chi connectivity index (χ1n) is 8.72. The van der Waals surface area contributed by atoms with Gasteiger partial charge in [0.25, 0.3) is 0 Å². The summed E-state index contributed by atoms with van der Waals surface area (Å²) < 4.78 is 2.06. The molecule has 1 saturated carbocycles. The van der Waals surface area contributed by atoms with Crippen LogP contribution in [0.1, 0.15) is 67.7 Å². The molecule has 1 aromatic heterocycles. The van der Waals surface area contributed by atoms with E-state index < -0.39 is 0 Å². The molecule has 2 heterocycles. The van der Waals surface area contributed by atoms with Crippen LogP contribution in [0, 0.1) is 0 Å². The van der Waals surface area contributed by atoms with Crippen molar-refractivity contribution in [3.05, 3.63) is 47.2 Å². The number of aromatic nitrogens is 2. The van der Waals surface area contributed by atoms with Crippen molar-refractivity contribution in [2.45, 2.75) is 57.4 Å². The summed E-state index contributed by atoms with van der Waals surface area (Å²) in [5, 5.41) is 7.69. The van der Waals surface area contributed by atoms with Gasteiger partial charge in [-0.2, -0.15) is 5.10 Å². The average molecular weight is 309 g/mol. The molecule has 23 heavy (non-hydrogen) atoms. The summed E-state index contributed by atoms with van der Waals surface area (Å²) in [6.07, 6.45) is 8.36. The summed E-state index contributed by atoms with van der Waals surface area (Å²) in [6, 6.07) is 9.11. The summed E-state index contributed by atoms with van der Waals surface area (Å²) >= 11 is 0. The molecule has 1 atom stereocenters. The van der Waals surface area contributed by atoms with E-state index in [1.807, 2.05) is 6.20 Å². The van der Waals surface area contributed by atoms with Gasteiger partial charge in [0.2, 0.25) is 5.91 Å². The lowest BCUT2D eigenvalue weighted by molar-refractivity contribution is -0.116. The van der Waals surface area contributed by atoms with E-state index in [9.17, 15) is 4.79 Å². The predicted octanol–water partition coefficient (Wildman–Crippen LogP) is 4.03. The molecular formula is C19H23N3O. The molecule has 0 saturated heterocycles. The second-order valence-corrected chi connectivity index (χ2v) is 6.73. The molecule has 1 amide bonds. The normalized spacial score (nSPS) is 21.3. The highest BCUT2D eigenvalue weighted by molar-refractivity contribution is 5.94. The number of carbonyl (C=O) groups is 1. The Balaban J connectivity index is 1.71. The summed E-state index contributed by atoms with van der Waals surface area (Å²) in [4.78, 5) is 12.2. The van der Waals surface area contributed by atoms with Gasteiger partial charge in [-0.1, -0.05) is 44.0 Å². The van der Waals surface area contributed by atoms with Crippen LogP contribution in [0.25, 0.3) is 0 Å². The molecule has 0 bridgehead atoms. The lowest BCUT2D eigenvalue weighted by atomic mass is 9.87. The van der Waals surface area contributed by atoms with Crippen LogP contribution in [0.3, 0.4) is 0 Å². The number of rotatable bonds is 3. The van der Waals surface area contributed by atoms with Gasteiger partial charge in [-0.15, -0.1) is 0 Å². The van der Waals surface area contributed by atoms with E-state index in [-0.39, 0.29) is 11.8 Å². The van der Waals surface area contributed by atoms with Gasteiger partial charge in [0.05, 0.1) is 12.2 Å². The first-order chi connectivity index (χ1) is 11.3. The quantitative estimate of drug-likeness (QED) is 0.930. The number of nitrogens with one attached hydrogen (secondary N) is 1. The van der Waals surface area contributed by atoms with Gasteiger partial charge in [-0.05, 0) is 30.4 Å². The fraction of sp³-hybridized carbons (Fsp3) is 0.474. The van der Waals surface area contributed by atoms with E-state index in [2.05, 4.69) is 46.3 Å². The Labute approximate surface area is 136 Å². The van der Waals surface area contributed by atoms with Crippen LogP contribution in [0.15, 0.2) is 30.5 Å². The fourth-order valence-corrected chi connectivity index (χ4v) is 3.95. The smallest absolute Gasteiger partial charge is 0.226 e. The van der Waals surface area contributed by atoms with Gasteiger partial charge >= 0.3 is 0 Å². The highest BCUT2D eigenvalue weighted by atomic mass is 16.1. The van der Waals surface area contributed by atoms with Gasteiger partial charge in [-0.3, -0.25) is 4.79 Å². The van der Waals surface area contributed by atoms with E-state index >= 15 is 0 Å². The van der Waals surface area contributed by atoms with E-state index in [0.717, 1.165) is 12.2 Å². The van der Waals surface area contributed by atoms with Crippen LogP contribution < -0.4 is 5.32 Å². The van der Waals surface area contributed by atoms with Gasteiger partial charge in [0, 0.05) is 17.9 Å². The standard InChI is InChI=1S/C19H23N3O/c1-2-13-7-9-14(10-8-13)16-11-18(23)21-19-17(16)12-20-22(19)15-5-3-4-6-15/h7-10,12,15-16H,2-6,11H2,1H3,(H,21,23)/t16-/m1/s1. The first kappa shape index (κ1) is 14.5. The Morgan fingerprint density at radius 1 is 1.22 bits per heavy atom. The predicted molar refractivity (Wildman–Crippen MR) is 90.6 cm³/mol. The van der Waals surface area contributed by atoms with E-state index in [0.29, 0.717) is 12.5 Å². The summed E-state index contributed by atoms with van der Waals surface area (Å²) in [5.41, 5.74) is 3.71. The highest BCUT2D eigenvalue weighted by Gasteiger charge is 2.32. The number of hydrogen-bond donors (Lipinski definition) is 1. The van der Waals surface area contributed by atoms with Gasteiger partial charge in [-0.25, -0.2) is 4.68 Å². The zero-order valence-corrected chi connectivity index (χ0v) is 13.6. The van der Waals surface area contributed by atoms with Crippen molar-refractivity contribution < 1.29 is 4.79 Å². The molecule has 4 rings (SSSR count). The first-order valence-corrected chi connectivity index (χ1v) is 8.72. The van der Waals surface area contributed by atoms with Gasteiger partial charge in [0.1, 0.15) is 5.82 Å². The van der Waals surface area contributed by atoms with Gasteiger partial charge < -0.3 is 5.32 Å². The number of anilines is 1. The Morgan fingerprint density at radius 3 is 2.65 bits per heavy atom. The number of benzene rings is 1. The molecule has 0 unspecified atom stereocenters.